The molecule has 0 fully saturated rings. The summed E-state index contributed by atoms with van der Waals surface area (Å²) < 4.78 is 0. The third-order valence-corrected chi connectivity index (χ3v) is 2.97. The molecule has 0 N–H and O–H groups in total. The number of nitrogens with zero attached hydrogens (tertiary/aromatic N) is 1. The Balaban J connectivity index is 2.09. The molecule has 0 saturated carbocycles. The molecule has 1 aliphatic heterocycles. The van der Waals surface area contributed by atoms with Crippen molar-refractivity contribution in [1.29, 1.82) is 0 Å². The number of aliphatic imine (C=N–C) groups is 1. The van der Waals surface area contributed by atoms with Crippen molar-refractivity contribution >= 4 is 6.21 Å². The molecule has 3 rings (SSSR count). The van der Waals surface area contributed by atoms with Gasteiger partial charge in [0.25, 0.3) is 0 Å². The number of fused-ring (bicyclic) bond motifs is 1. The summed E-state index contributed by atoms with van der Waals surface area (Å²) in [7, 11) is 0. The molecule has 1 radical (unpaired) electrons. The van der Waals surface area contributed by atoms with Gasteiger partial charge in [0.2, 0.25) is 0 Å². The molecule has 2 aromatic carbocycles. The van der Waals surface area contributed by atoms with Crippen LogP contribution in [0.2, 0.25) is 0 Å². The van der Waals surface area contributed by atoms with Crippen molar-refractivity contribution in [2.45, 2.75) is 12.5 Å². The van der Waals surface area contributed by atoms with Crippen molar-refractivity contribution in [3.05, 3.63) is 71.3 Å². The average molecular weight is 206 g/mol. The van der Waals surface area contributed by atoms with Crippen molar-refractivity contribution in [1.82, 2.24) is 0 Å². The van der Waals surface area contributed by atoms with Crippen LogP contribution in [0.4, 0.5) is 0 Å². The molecule has 1 nitrogen and oxygen atoms in total. The van der Waals surface area contributed by atoms with Gasteiger partial charge in [0, 0.05) is 0 Å². The molecule has 1 atom stereocenters. The fraction of sp³-hybridized carbons (Fsp3) is 0.133. The summed E-state index contributed by atoms with van der Waals surface area (Å²) in [6.07, 6.45) is 3.22. The summed E-state index contributed by atoms with van der Waals surface area (Å²) in [5, 5.41) is 0. The molecule has 1 aliphatic rings. The smallest absolute Gasteiger partial charge is 0.0691 e. The van der Waals surface area contributed by atoms with Gasteiger partial charge in [-0.2, -0.15) is 0 Å². The third kappa shape index (κ3) is 1.54. The maximum Gasteiger partial charge on any atom is 0.0691 e. The van der Waals surface area contributed by atoms with E-state index in [9.17, 15) is 0 Å². The Labute approximate surface area is 95.5 Å². The summed E-state index contributed by atoms with van der Waals surface area (Å²) in [6.45, 7) is 0.763. The van der Waals surface area contributed by atoms with Crippen LogP contribution in [0.25, 0.3) is 0 Å². The van der Waals surface area contributed by atoms with E-state index in [4.69, 9.17) is 0 Å². The predicted molar refractivity (Wildman–Crippen MR) is 65.9 cm³/mol. The van der Waals surface area contributed by atoms with E-state index in [0.717, 1.165) is 6.54 Å². The first-order valence-electron chi connectivity index (χ1n) is 5.50. The lowest BCUT2D eigenvalue weighted by molar-refractivity contribution is 0.942. The normalized spacial score (nSPS) is 18.1. The number of rotatable bonds is 1. The summed E-state index contributed by atoms with van der Waals surface area (Å²) in [5.74, 6) is 0.200. The lowest BCUT2D eigenvalue weighted by Gasteiger charge is -2.19. The van der Waals surface area contributed by atoms with E-state index in [1.54, 1.807) is 0 Å². The van der Waals surface area contributed by atoms with Crippen LogP contribution in [0, 0.1) is 0 Å². The first kappa shape index (κ1) is 9.34. The van der Waals surface area contributed by atoms with Gasteiger partial charge in [0.1, 0.15) is 0 Å². The molecule has 77 valence electrons. The summed E-state index contributed by atoms with van der Waals surface area (Å²) in [5.41, 5.74) is 3.91. The second-order valence-electron chi connectivity index (χ2n) is 3.99. The Kier molecular flexibility index (Phi) is 2.30. The van der Waals surface area contributed by atoms with Crippen LogP contribution in [0.15, 0.2) is 59.6 Å². The van der Waals surface area contributed by atoms with Crippen LogP contribution in [0.5, 0.6) is 0 Å². The van der Waals surface area contributed by atoms with Crippen molar-refractivity contribution in [2.75, 3.05) is 0 Å². The number of hydrogen-bond donors (Lipinski definition) is 0. The van der Waals surface area contributed by atoms with E-state index < -0.39 is 0 Å². The summed E-state index contributed by atoms with van der Waals surface area (Å²) in [4.78, 5) is 4.33. The standard InChI is InChI=1S/C15H12N/c1-2-6-12(7-3-1)15-11-16-10-13-8-4-5-9-14(13)15/h1-9,15H,10H2. The zero-order chi connectivity index (χ0) is 10.8. The van der Waals surface area contributed by atoms with Crippen LogP contribution in [-0.2, 0) is 6.54 Å². The molecule has 0 saturated heterocycles. The lowest BCUT2D eigenvalue weighted by atomic mass is 9.87. The number of hydrogen-bond acceptors (Lipinski definition) is 1. The Hall–Kier alpha value is -1.89. The maximum atomic E-state index is 4.33. The summed E-state index contributed by atoms with van der Waals surface area (Å²) in [6, 6.07) is 18.9. The first-order valence-corrected chi connectivity index (χ1v) is 5.50. The van der Waals surface area contributed by atoms with E-state index in [2.05, 4.69) is 59.7 Å². The molecule has 16 heavy (non-hydrogen) atoms. The number of benzene rings is 2. The highest BCUT2D eigenvalue weighted by molar-refractivity contribution is 5.75. The minimum atomic E-state index is 0.200. The van der Waals surface area contributed by atoms with Gasteiger partial charge >= 0.3 is 0 Å². The summed E-state index contributed by atoms with van der Waals surface area (Å²) >= 11 is 0. The van der Waals surface area contributed by atoms with Gasteiger partial charge in [-0.25, -0.2) is 0 Å². The van der Waals surface area contributed by atoms with E-state index >= 15 is 0 Å². The fourth-order valence-electron chi connectivity index (χ4n) is 2.15. The van der Waals surface area contributed by atoms with E-state index in [1.807, 2.05) is 6.07 Å². The second-order valence-corrected chi connectivity index (χ2v) is 3.99. The third-order valence-electron chi connectivity index (χ3n) is 2.97. The van der Waals surface area contributed by atoms with Crippen LogP contribution >= 0.6 is 0 Å². The Morgan fingerprint density at radius 1 is 0.938 bits per heavy atom. The highest BCUT2D eigenvalue weighted by Gasteiger charge is 2.18. The van der Waals surface area contributed by atoms with Crippen LogP contribution in [0.3, 0.4) is 0 Å². The quantitative estimate of drug-likeness (QED) is 0.679. The topological polar surface area (TPSA) is 12.4 Å². The van der Waals surface area contributed by atoms with Gasteiger partial charge < -0.3 is 0 Å². The molecular formula is C15H12N. The highest BCUT2D eigenvalue weighted by Crippen LogP contribution is 2.29. The zero-order valence-corrected chi connectivity index (χ0v) is 8.93. The lowest BCUT2D eigenvalue weighted by Crippen LogP contribution is -2.10. The molecule has 1 unspecified atom stereocenters. The Morgan fingerprint density at radius 2 is 1.69 bits per heavy atom. The van der Waals surface area contributed by atoms with Crippen molar-refractivity contribution < 1.29 is 0 Å². The van der Waals surface area contributed by atoms with E-state index in [0.29, 0.717) is 0 Å². The molecule has 0 spiro atoms. The minimum absolute atomic E-state index is 0.200. The highest BCUT2D eigenvalue weighted by atomic mass is 14.7. The molecule has 0 bridgehead atoms. The molecule has 0 aliphatic carbocycles. The largest absolute Gasteiger partial charge is 0.282 e. The van der Waals surface area contributed by atoms with Gasteiger partial charge in [-0.15, -0.1) is 0 Å². The molecule has 0 aromatic heterocycles. The van der Waals surface area contributed by atoms with Gasteiger partial charge in [-0.1, -0.05) is 54.6 Å². The fourth-order valence-corrected chi connectivity index (χ4v) is 2.15. The van der Waals surface area contributed by atoms with Gasteiger partial charge in [0.15, 0.2) is 0 Å². The minimum Gasteiger partial charge on any atom is -0.282 e. The van der Waals surface area contributed by atoms with E-state index in [-0.39, 0.29) is 5.92 Å². The van der Waals surface area contributed by atoms with Crippen molar-refractivity contribution in [3.8, 4) is 0 Å². The Morgan fingerprint density at radius 3 is 2.56 bits per heavy atom. The second kappa shape index (κ2) is 3.93. The van der Waals surface area contributed by atoms with Gasteiger partial charge in [0.05, 0.1) is 18.7 Å². The zero-order valence-electron chi connectivity index (χ0n) is 8.93. The van der Waals surface area contributed by atoms with Gasteiger partial charge in [-0.05, 0) is 16.7 Å². The monoisotopic (exact) mass is 206 g/mol. The van der Waals surface area contributed by atoms with Gasteiger partial charge in [-0.3, -0.25) is 4.99 Å². The van der Waals surface area contributed by atoms with Crippen molar-refractivity contribution in [2.24, 2.45) is 4.99 Å². The molecule has 1 heterocycles. The SMILES string of the molecule is [C]1=NCc2ccccc2C1c1ccccc1. The van der Waals surface area contributed by atoms with Crippen molar-refractivity contribution in [3.63, 3.8) is 0 Å². The van der Waals surface area contributed by atoms with E-state index in [1.165, 1.54) is 16.7 Å². The van der Waals surface area contributed by atoms with Crippen LogP contribution in [-0.4, -0.2) is 6.21 Å². The molecule has 2 aromatic rings. The first-order chi connectivity index (χ1) is 7.95. The maximum absolute atomic E-state index is 4.33. The molecule has 0 amide bonds. The molecule has 1 heteroatoms. The molecular weight excluding hydrogens is 194 g/mol. The van der Waals surface area contributed by atoms with Crippen LogP contribution < -0.4 is 0 Å². The van der Waals surface area contributed by atoms with Crippen LogP contribution in [0.1, 0.15) is 22.6 Å². The Bertz CT molecular complexity index is 514. The average Bonchev–Trinajstić information content (AvgIpc) is 2.39. The predicted octanol–water partition coefficient (Wildman–Crippen LogP) is 3.28.